The molecule has 0 aliphatic rings. The first-order valence-corrected chi connectivity index (χ1v) is 4.55. The summed E-state index contributed by atoms with van der Waals surface area (Å²) in [7, 11) is 1.43. The van der Waals surface area contributed by atoms with Crippen LogP contribution in [0.1, 0.15) is 5.56 Å². The number of amides is 2. The maximum atomic E-state index is 12.8. The SMILES string of the molecule is CN(Cc1cccc(F)c1)C(=O)C(=O)NN. The van der Waals surface area contributed by atoms with Crippen LogP contribution in [-0.2, 0) is 16.1 Å². The molecule has 1 aromatic carbocycles. The molecule has 2 amide bonds. The van der Waals surface area contributed by atoms with Gasteiger partial charge >= 0.3 is 11.8 Å². The third-order valence-electron chi connectivity index (χ3n) is 1.98. The number of likely N-dealkylation sites (N-methyl/N-ethyl adjacent to an activating group) is 1. The molecule has 0 radical (unpaired) electrons. The van der Waals surface area contributed by atoms with Crippen LogP contribution >= 0.6 is 0 Å². The summed E-state index contributed by atoms with van der Waals surface area (Å²) < 4.78 is 12.8. The van der Waals surface area contributed by atoms with E-state index < -0.39 is 11.8 Å². The van der Waals surface area contributed by atoms with Crippen molar-refractivity contribution in [2.24, 2.45) is 5.84 Å². The summed E-state index contributed by atoms with van der Waals surface area (Å²) in [5, 5.41) is 0. The van der Waals surface area contributed by atoms with E-state index in [9.17, 15) is 14.0 Å². The summed E-state index contributed by atoms with van der Waals surface area (Å²) in [4.78, 5) is 23.4. The van der Waals surface area contributed by atoms with Crippen LogP contribution in [0.3, 0.4) is 0 Å². The molecule has 0 saturated carbocycles. The van der Waals surface area contributed by atoms with Crippen LogP contribution in [-0.4, -0.2) is 23.8 Å². The zero-order valence-electron chi connectivity index (χ0n) is 8.74. The second-order valence-electron chi connectivity index (χ2n) is 3.26. The van der Waals surface area contributed by atoms with Crippen molar-refractivity contribution < 1.29 is 14.0 Å². The Kier molecular flexibility index (Phi) is 3.96. The summed E-state index contributed by atoms with van der Waals surface area (Å²) >= 11 is 0. The van der Waals surface area contributed by atoms with Crippen LogP contribution < -0.4 is 11.3 Å². The Morgan fingerprint density at radius 3 is 2.75 bits per heavy atom. The van der Waals surface area contributed by atoms with Gasteiger partial charge in [-0.2, -0.15) is 0 Å². The van der Waals surface area contributed by atoms with Crippen molar-refractivity contribution >= 4 is 11.8 Å². The normalized spacial score (nSPS) is 9.69. The van der Waals surface area contributed by atoms with Crippen molar-refractivity contribution in [3.8, 4) is 0 Å². The lowest BCUT2D eigenvalue weighted by atomic mass is 10.2. The van der Waals surface area contributed by atoms with Gasteiger partial charge in [-0.25, -0.2) is 10.2 Å². The Hall–Kier alpha value is -1.95. The Bertz CT molecular complexity index is 409. The lowest BCUT2D eigenvalue weighted by molar-refractivity contribution is -0.145. The Morgan fingerprint density at radius 1 is 1.50 bits per heavy atom. The number of hydrazine groups is 1. The topological polar surface area (TPSA) is 75.4 Å². The summed E-state index contributed by atoms with van der Waals surface area (Å²) in [6.45, 7) is 0.143. The Labute approximate surface area is 92.0 Å². The van der Waals surface area contributed by atoms with Gasteiger partial charge in [0, 0.05) is 13.6 Å². The monoisotopic (exact) mass is 225 g/mol. The molecule has 5 nitrogen and oxygen atoms in total. The number of benzene rings is 1. The van der Waals surface area contributed by atoms with Crippen molar-refractivity contribution in [3.05, 3.63) is 35.6 Å². The zero-order valence-corrected chi connectivity index (χ0v) is 8.74. The molecule has 0 spiro atoms. The molecule has 1 aromatic rings. The molecule has 6 heteroatoms. The van der Waals surface area contributed by atoms with Crippen molar-refractivity contribution in [2.45, 2.75) is 6.54 Å². The maximum Gasteiger partial charge on any atom is 0.323 e. The third-order valence-corrected chi connectivity index (χ3v) is 1.98. The van der Waals surface area contributed by atoms with E-state index in [0.29, 0.717) is 5.56 Å². The molecular weight excluding hydrogens is 213 g/mol. The van der Waals surface area contributed by atoms with Crippen molar-refractivity contribution in [1.82, 2.24) is 10.3 Å². The smallest absolute Gasteiger partial charge is 0.323 e. The second-order valence-corrected chi connectivity index (χ2v) is 3.26. The predicted molar refractivity (Wildman–Crippen MR) is 55.2 cm³/mol. The first kappa shape index (κ1) is 12.1. The molecule has 86 valence electrons. The van der Waals surface area contributed by atoms with Crippen LogP contribution in [0, 0.1) is 5.82 Å². The van der Waals surface area contributed by atoms with Gasteiger partial charge in [-0.3, -0.25) is 15.0 Å². The lowest BCUT2D eigenvalue weighted by Crippen LogP contribution is -2.43. The van der Waals surface area contributed by atoms with Crippen molar-refractivity contribution in [3.63, 3.8) is 0 Å². The lowest BCUT2D eigenvalue weighted by Gasteiger charge is -2.15. The predicted octanol–water partition coefficient (Wildman–Crippen LogP) is -0.226. The highest BCUT2D eigenvalue weighted by Gasteiger charge is 2.17. The van der Waals surface area contributed by atoms with E-state index in [1.807, 2.05) is 0 Å². The van der Waals surface area contributed by atoms with Gasteiger partial charge in [0.25, 0.3) is 0 Å². The number of rotatable bonds is 2. The highest BCUT2D eigenvalue weighted by atomic mass is 19.1. The molecule has 16 heavy (non-hydrogen) atoms. The van der Waals surface area contributed by atoms with Gasteiger partial charge in [0.05, 0.1) is 0 Å². The minimum Gasteiger partial charge on any atom is -0.333 e. The summed E-state index contributed by atoms with van der Waals surface area (Å²) in [5.41, 5.74) is 2.34. The minimum absolute atomic E-state index is 0.143. The quantitative estimate of drug-likeness (QED) is 0.316. The molecule has 0 aliphatic heterocycles. The standard InChI is InChI=1S/C10H12FN3O2/c1-14(10(16)9(15)13-12)6-7-3-2-4-8(11)5-7/h2-5H,6,12H2,1H3,(H,13,15). The van der Waals surface area contributed by atoms with Gasteiger partial charge in [0.15, 0.2) is 0 Å². The van der Waals surface area contributed by atoms with Gasteiger partial charge in [0.2, 0.25) is 0 Å². The molecule has 1 rings (SSSR count). The van der Waals surface area contributed by atoms with E-state index in [-0.39, 0.29) is 12.4 Å². The number of halogens is 1. The summed E-state index contributed by atoms with van der Waals surface area (Å²) in [6.07, 6.45) is 0. The zero-order chi connectivity index (χ0) is 12.1. The number of hydrogen-bond donors (Lipinski definition) is 2. The maximum absolute atomic E-state index is 12.8. The molecule has 0 unspecified atom stereocenters. The molecule has 0 bridgehead atoms. The highest BCUT2D eigenvalue weighted by Crippen LogP contribution is 2.06. The van der Waals surface area contributed by atoms with E-state index in [2.05, 4.69) is 0 Å². The third kappa shape index (κ3) is 3.03. The van der Waals surface area contributed by atoms with Gasteiger partial charge in [-0.15, -0.1) is 0 Å². The fourth-order valence-electron chi connectivity index (χ4n) is 1.22. The minimum atomic E-state index is -0.904. The number of carbonyl (C=O) groups excluding carboxylic acids is 2. The number of carbonyl (C=O) groups is 2. The Morgan fingerprint density at radius 2 is 2.19 bits per heavy atom. The molecule has 0 heterocycles. The molecular formula is C10H12FN3O2. The van der Waals surface area contributed by atoms with Gasteiger partial charge in [0.1, 0.15) is 5.82 Å². The largest absolute Gasteiger partial charge is 0.333 e. The van der Waals surface area contributed by atoms with Crippen LogP contribution in [0.4, 0.5) is 4.39 Å². The molecule has 0 aromatic heterocycles. The van der Waals surface area contributed by atoms with E-state index >= 15 is 0 Å². The fourth-order valence-corrected chi connectivity index (χ4v) is 1.22. The van der Waals surface area contributed by atoms with E-state index in [1.165, 1.54) is 25.2 Å². The van der Waals surface area contributed by atoms with E-state index in [1.54, 1.807) is 11.5 Å². The van der Waals surface area contributed by atoms with Crippen LogP contribution in [0.15, 0.2) is 24.3 Å². The molecule has 0 aliphatic carbocycles. The van der Waals surface area contributed by atoms with Crippen molar-refractivity contribution in [1.29, 1.82) is 0 Å². The first-order chi connectivity index (χ1) is 7.54. The molecule has 3 N–H and O–H groups in total. The van der Waals surface area contributed by atoms with Crippen LogP contribution in [0.2, 0.25) is 0 Å². The van der Waals surface area contributed by atoms with Gasteiger partial charge in [-0.1, -0.05) is 12.1 Å². The number of nitrogens with one attached hydrogen (secondary N) is 1. The average molecular weight is 225 g/mol. The van der Waals surface area contributed by atoms with Gasteiger partial charge < -0.3 is 4.90 Å². The highest BCUT2D eigenvalue weighted by molar-refractivity contribution is 6.34. The summed E-state index contributed by atoms with van der Waals surface area (Å²) in [6, 6.07) is 5.79. The molecule has 0 atom stereocenters. The van der Waals surface area contributed by atoms with E-state index in [4.69, 9.17) is 5.84 Å². The van der Waals surface area contributed by atoms with Gasteiger partial charge in [-0.05, 0) is 17.7 Å². The summed E-state index contributed by atoms with van der Waals surface area (Å²) in [5.74, 6) is 2.76. The van der Waals surface area contributed by atoms with Crippen LogP contribution in [0.25, 0.3) is 0 Å². The number of nitrogens with two attached hydrogens (primary N) is 1. The second kappa shape index (κ2) is 5.22. The van der Waals surface area contributed by atoms with Crippen molar-refractivity contribution in [2.75, 3.05) is 7.05 Å². The fraction of sp³-hybridized carbons (Fsp3) is 0.200. The van der Waals surface area contributed by atoms with Crippen LogP contribution in [0.5, 0.6) is 0 Å². The number of nitrogens with zero attached hydrogens (tertiary/aromatic N) is 1. The van der Waals surface area contributed by atoms with E-state index in [0.717, 1.165) is 4.90 Å². The average Bonchev–Trinajstić information content (AvgIpc) is 2.27. The first-order valence-electron chi connectivity index (χ1n) is 4.55. The Balaban J connectivity index is 2.67. The molecule has 0 saturated heterocycles. The number of hydrogen-bond acceptors (Lipinski definition) is 3. The molecule has 0 fully saturated rings.